The van der Waals surface area contributed by atoms with Crippen LogP contribution in [0, 0.1) is 0 Å². The van der Waals surface area contributed by atoms with Crippen molar-refractivity contribution in [2.24, 2.45) is 0 Å². The highest BCUT2D eigenvalue weighted by molar-refractivity contribution is 5.73. The van der Waals surface area contributed by atoms with Gasteiger partial charge in [-0.2, -0.15) is 0 Å². The van der Waals surface area contributed by atoms with Gasteiger partial charge in [-0.15, -0.1) is 0 Å². The summed E-state index contributed by atoms with van der Waals surface area (Å²) in [4.78, 5) is 20.3. The summed E-state index contributed by atoms with van der Waals surface area (Å²) in [6, 6.07) is 7.66. The zero-order valence-electron chi connectivity index (χ0n) is 14.2. The van der Waals surface area contributed by atoms with Gasteiger partial charge in [-0.3, -0.25) is 9.69 Å². The fourth-order valence-electron chi connectivity index (χ4n) is 2.92. The average Bonchev–Trinajstić information content (AvgIpc) is 2.92. The first-order valence-corrected chi connectivity index (χ1v) is 8.22. The lowest BCUT2D eigenvalue weighted by Gasteiger charge is -2.19. The third-order valence-electron chi connectivity index (χ3n) is 4.31. The Morgan fingerprint density at radius 1 is 1.21 bits per heavy atom. The van der Waals surface area contributed by atoms with Crippen molar-refractivity contribution in [2.75, 3.05) is 33.3 Å². The van der Waals surface area contributed by atoms with Gasteiger partial charge in [0.05, 0.1) is 12.8 Å². The number of amides is 1. The van der Waals surface area contributed by atoms with Crippen molar-refractivity contribution in [2.45, 2.75) is 19.9 Å². The number of aromatic nitrogens is 1. The van der Waals surface area contributed by atoms with Gasteiger partial charge in [-0.25, -0.2) is 4.98 Å². The highest BCUT2D eigenvalue weighted by Gasteiger charge is 2.18. The van der Waals surface area contributed by atoms with E-state index >= 15 is 0 Å². The van der Waals surface area contributed by atoms with Crippen LogP contribution < -0.4 is 4.74 Å². The lowest BCUT2D eigenvalue weighted by molar-refractivity contribution is -0.128. The number of benzene rings is 1. The molecule has 0 radical (unpaired) electrons. The number of methoxy groups -OCH3 is 1. The molecule has 1 aromatic carbocycles. The first kappa shape index (κ1) is 16.5. The van der Waals surface area contributed by atoms with E-state index in [1.807, 2.05) is 29.2 Å². The van der Waals surface area contributed by atoms with Gasteiger partial charge >= 0.3 is 0 Å². The SMILES string of the molecule is COc1ccc(-c2nc(CN3CCCN(C(C)=O)CC3)co2)cc1. The largest absolute Gasteiger partial charge is 0.497 e. The topological polar surface area (TPSA) is 58.8 Å². The third kappa shape index (κ3) is 3.94. The van der Waals surface area contributed by atoms with E-state index in [4.69, 9.17) is 9.15 Å². The molecule has 0 atom stereocenters. The molecule has 1 aliphatic rings. The number of oxazole rings is 1. The second-order valence-corrected chi connectivity index (χ2v) is 6.01. The molecule has 0 aliphatic carbocycles. The van der Waals surface area contributed by atoms with Crippen molar-refractivity contribution in [3.05, 3.63) is 36.2 Å². The third-order valence-corrected chi connectivity index (χ3v) is 4.31. The molecular formula is C18H23N3O3. The molecule has 1 aliphatic heterocycles. The van der Waals surface area contributed by atoms with Crippen LogP contribution in [-0.2, 0) is 11.3 Å². The van der Waals surface area contributed by atoms with Crippen molar-refractivity contribution < 1.29 is 13.9 Å². The van der Waals surface area contributed by atoms with E-state index in [1.165, 1.54) is 0 Å². The van der Waals surface area contributed by atoms with Gasteiger partial charge in [0.2, 0.25) is 11.8 Å². The van der Waals surface area contributed by atoms with Crippen LogP contribution in [0.25, 0.3) is 11.5 Å². The quantitative estimate of drug-likeness (QED) is 0.862. The maximum Gasteiger partial charge on any atom is 0.226 e. The fraction of sp³-hybridized carbons (Fsp3) is 0.444. The number of carbonyl (C=O) groups excluding carboxylic acids is 1. The molecule has 2 heterocycles. The van der Waals surface area contributed by atoms with Gasteiger partial charge in [0.15, 0.2) is 0 Å². The van der Waals surface area contributed by atoms with E-state index in [2.05, 4.69) is 9.88 Å². The number of nitrogens with zero attached hydrogens (tertiary/aromatic N) is 3. The van der Waals surface area contributed by atoms with Crippen molar-refractivity contribution in [3.8, 4) is 17.2 Å². The lowest BCUT2D eigenvalue weighted by atomic mass is 10.2. The molecule has 128 valence electrons. The Bertz CT molecular complexity index is 681. The molecule has 24 heavy (non-hydrogen) atoms. The molecule has 0 unspecified atom stereocenters. The van der Waals surface area contributed by atoms with E-state index in [0.29, 0.717) is 5.89 Å². The molecule has 0 saturated carbocycles. The molecule has 6 nitrogen and oxygen atoms in total. The number of carbonyl (C=O) groups is 1. The van der Waals surface area contributed by atoms with Crippen molar-refractivity contribution in [1.82, 2.24) is 14.8 Å². The van der Waals surface area contributed by atoms with Crippen LogP contribution in [0.1, 0.15) is 19.0 Å². The Morgan fingerprint density at radius 2 is 2.00 bits per heavy atom. The van der Waals surface area contributed by atoms with Gasteiger partial charge in [-0.05, 0) is 30.7 Å². The van der Waals surface area contributed by atoms with Gasteiger partial charge in [0.25, 0.3) is 0 Å². The van der Waals surface area contributed by atoms with Crippen LogP contribution in [-0.4, -0.2) is 54.0 Å². The van der Waals surface area contributed by atoms with Gasteiger partial charge in [0.1, 0.15) is 12.0 Å². The Hall–Kier alpha value is -2.34. The second kappa shape index (κ2) is 7.49. The summed E-state index contributed by atoms with van der Waals surface area (Å²) in [6.45, 7) is 5.82. The van der Waals surface area contributed by atoms with Crippen LogP contribution in [0.4, 0.5) is 0 Å². The molecule has 1 aromatic heterocycles. The number of hydrogen-bond acceptors (Lipinski definition) is 5. The number of rotatable bonds is 4. The highest BCUT2D eigenvalue weighted by atomic mass is 16.5. The van der Waals surface area contributed by atoms with Crippen molar-refractivity contribution in [3.63, 3.8) is 0 Å². The monoisotopic (exact) mass is 329 g/mol. The van der Waals surface area contributed by atoms with Gasteiger partial charge in [0, 0.05) is 45.2 Å². The van der Waals surface area contributed by atoms with Crippen LogP contribution in [0.2, 0.25) is 0 Å². The van der Waals surface area contributed by atoms with Gasteiger partial charge < -0.3 is 14.1 Å². The molecule has 0 bridgehead atoms. The van der Waals surface area contributed by atoms with E-state index in [0.717, 1.165) is 56.2 Å². The Balaban J connectivity index is 1.62. The molecule has 0 spiro atoms. The van der Waals surface area contributed by atoms with Crippen molar-refractivity contribution >= 4 is 5.91 Å². The number of ether oxygens (including phenoxy) is 1. The first-order chi connectivity index (χ1) is 11.7. The minimum atomic E-state index is 0.153. The molecule has 1 saturated heterocycles. The minimum absolute atomic E-state index is 0.153. The minimum Gasteiger partial charge on any atom is -0.497 e. The summed E-state index contributed by atoms with van der Waals surface area (Å²) in [6.07, 6.45) is 2.70. The zero-order valence-corrected chi connectivity index (χ0v) is 14.2. The maximum absolute atomic E-state index is 11.5. The Kier molecular flexibility index (Phi) is 5.15. The zero-order chi connectivity index (χ0) is 16.9. The van der Waals surface area contributed by atoms with E-state index in [1.54, 1.807) is 20.3 Å². The first-order valence-electron chi connectivity index (χ1n) is 8.22. The normalized spacial score (nSPS) is 16.0. The molecule has 1 fully saturated rings. The van der Waals surface area contributed by atoms with Crippen LogP contribution in [0.15, 0.2) is 34.9 Å². The molecule has 3 rings (SSSR count). The summed E-state index contributed by atoms with van der Waals surface area (Å²) in [7, 11) is 1.65. The summed E-state index contributed by atoms with van der Waals surface area (Å²) in [5, 5.41) is 0. The summed E-state index contributed by atoms with van der Waals surface area (Å²) >= 11 is 0. The molecule has 1 amide bonds. The van der Waals surface area contributed by atoms with Crippen LogP contribution in [0.5, 0.6) is 5.75 Å². The van der Waals surface area contributed by atoms with Gasteiger partial charge in [-0.1, -0.05) is 0 Å². The molecular weight excluding hydrogens is 306 g/mol. The van der Waals surface area contributed by atoms with E-state index in [-0.39, 0.29) is 5.91 Å². The van der Waals surface area contributed by atoms with Crippen molar-refractivity contribution in [1.29, 1.82) is 0 Å². The summed E-state index contributed by atoms with van der Waals surface area (Å²) in [5.41, 5.74) is 1.85. The fourth-order valence-corrected chi connectivity index (χ4v) is 2.92. The number of hydrogen-bond donors (Lipinski definition) is 0. The van der Waals surface area contributed by atoms with E-state index in [9.17, 15) is 4.79 Å². The van der Waals surface area contributed by atoms with Crippen LogP contribution in [0.3, 0.4) is 0 Å². The Labute approximate surface area is 142 Å². The summed E-state index contributed by atoms with van der Waals surface area (Å²) in [5.74, 6) is 1.58. The smallest absolute Gasteiger partial charge is 0.226 e. The predicted molar refractivity (Wildman–Crippen MR) is 90.6 cm³/mol. The van der Waals surface area contributed by atoms with Crippen LogP contribution >= 0.6 is 0 Å². The maximum atomic E-state index is 11.5. The molecule has 0 N–H and O–H groups in total. The average molecular weight is 329 g/mol. The molecule has 2 aromatic rings. The van der Waals surface area contributed by atoms with E-state index < -0.39 is 0 Å². The molecule has 6 heteroatoms. The standard InChI is InChI=1S/C18H23N3O3/c1-14(22)21-9-3-8-20(10-11-21)12-16-13-24-18(19-16)15-4-6-17(23-2)7-5-15/h4-7,13H,3,8-12H2,1-2H3. The summed E-state index contributed by atoms with van der Waals surface area (Å²) < 4.78 is 10.8. The predicted octanol–water partition coefficient (Wildman–Crippen LogP) is 2.40. The highest BCUT2D eigenvalue weighted by Crippen LogP contribution is 2.22. The lowest BCUT2D eigenvalue weighted by Crippen LogP contribution is -2.33. The Morgan fingerprint density at radius 3 is 2.71 bits per heavy atom. The second-order valence-electron chi connectivity index (χ2n) is 6.01.